The van der Waals surface area contributed by atoms with E-state index in [2.05, 4.69) is 37.2 Å². The molecule has 0 spiro atoms. The van der Waals surface area contributed by atoms with Crippen LogP contribution < -0.4 is 52.4 Å². The van der Waals surface area contributed by atoms with E-state index in [1.807, 2.05) is 0 Å². The third-order valence-corrected chi connectivity index (χ3v) is 19.0. The maximum absolute atomic E-state index is 15.8. The summed E-state index contributed by atoms with van der Waals surface area (Å²) in [6.45, 7) is 5.72. The fourth-order valence-electron chi connectivity index (χ4n) is 13.1. The third kappa shape index (κ3) is 22.8. The Morgan fingerprint density at radius 3 is 1.92 bits per heavy atom. The average Bonchev–Trinajstić information content (AvgIpc) is 1.35. The van der Waals surface area contributed by atoms with Crippen molar-refractivity contribution in [2.24, 2.45) is 5.92 Å². The number of nitrogens with one attached hydrogen (secondary N) is 7. The van der Waals surface area contributed by atoms with Crippen LogP contribution in [-0.4, -0.2) is 232 Å². The molecule has 2 aromatic heterocycles. The minimum atomic E-state index is -2.04. The van der Waals surface area contributed by atoms with E-state index < -0.39 is 132 Å². The number of fused-ring (bicyclic) bond motifs is 5. The van der Waals surface area contributed by atoms with Gasteiger partial charge >= 0.3 is 5.97 Å². The number of nitrogens with zero attached hydrogens (tertiary/aromatic N) is 3. The van der Waals surface area contributed by atoms with Crippen molar-refractivity contribution in [2.75, 3.05) is 151 Å². The van der Waals surface area contributed by atoms with Gasteiger partial charge in [0.15, 0.2) is 17.2 Å². The second-order valence-corrected chi connectivity index (χ2v) is 27.0. The summed E-state index contributed by atoms with van der Waals surface area (Å²) < 4.78 is 92.8. The predicted octanol–water partition coefficient (Wildman–Crippen LogP) is 1.50. The molecule has 0 radical (unpaired) electrons. The van der Waals surface area contributed by atoms with Gasteiger partial charge in [-0.2, -0.15) is 0 Å². The zero-order chi connectivity index (χ0) is 79.7. The van der Waals surface area contributed by atoms with E-state index in [-0.39, 0.29) is 100 Å². The van der Waals surface area contributed by atoms with Gasteiger partial charge in [-0.15, -0.1) is 0 Å². The normalized spacial score (nSPS) is 16.4. The number of carbonyl (C=O) groups excluding carboxylic acids is 10. The van der Waals surface area contributed by atoms with Gasteiger partial charge in [0.2, 0.25) is 35.4 Å². The number of aromatic nitrogens is 2. The van der Waals surface area contributed by atoms with Crippen LogP contribution in [0.4, 0.5) is 14.5 Å². The lowest BCUT2D eigenvalue weighted by molar-refractivity contribution is -0.173. The van der Waals surface area contributed by atoms with Gasteiger partial charge in [0.25, 0.3) is 23.3 Å². The number of carbonyl (C=O) groups is 10. The van der Waals surface area contributed by atoms with Gasteiger partial charge in [-0.1, -0.05) is 43.2 Å². The van der Waals surface area contributed by atoms with Crippen LogP contribution in [0.1, 0.15) is 101 Å². The molecule has 0 bridgehead atoms. The quantitative estimate of drug-likeness (QED) is 0.0116. The second kappa shape index (κ2) is 41.4. The lowest BCUT2D eigenvalue weighted by Crippen LogP contribution is -2.52. The summed E-state index contributed by atoms with van der Waals surface area (Å²) >= 11 is 0. The van der Waals surface area contributed by atoms with Gasteiger partial charge in [-0.25, -0.2) is 23.5 Å². The van der Waals surface area contributed by atoms with Crippen LogP contribution in [0.2, 0.25) is 0 Å². The average molecular weight is 1570 g/mol. The lowest BCUT2D eigenvalue weighted by atomic mass is 9.81. The molecule has 3 aliphatic heterocycles. The third-order valence-electron chi connectivity index (χ3n) is 19.0. The van der Waals surface area contributed by atoms with E-state index in [0.29, 0.717) is 147 Å². The highest BCUT2D eigenvalue weighted by molar-refractivity contribution is 6.28. The SMILES string of the molecule is COCCOCCOCCOCCOCCOCCOCCOCCNC(=O)c1cc(N2C(=O)C=CC2=O)cc(F)c1OCCCC(=O)NCC(=O)NCC(=O)N[C@@H](Cc1ccccc1)C(=O)NCC(=O)NCO[C@H](C)C(=O)N[C@H]1CCc2c(C)c(F)cc3nc4c(c1c23)Cn1c-4cc2c(c1=O)COC(=O)[C@]2(O)CC1CC1. The molecule has 2 aliphatic carbocycles. The highest BCUT2D eigenvalue weighted by atomic mass is 19.1. The fourth-order valence-corrected chi connectivity index (χ4v) is 13.1. The number of anilines is 1. The Bertz CT molecular complexity index is 4310. The number of aryl methyl sites for hydroxylation is 1. The van der Waals surface area contributed by atoms with Gasteiger partial charge in [0.05, 0.1) is 172 Å². The number of hydrogen-bond donors (Lipinski definition) is 8. The number of methoxy groups -OCH3 is 1. The van der Waals surface area contributed by atoms with Crippen molar-refractivity contribution in [3.63, 3.8) is 0 Å². The summed E-state index contributed by atoms with van der Waals surface area (Å²) in [6.07, 6.45) is 2.96. The monoisotopic (exact) mass is 1560 g/mol. The summed E-state index contributed by atoms with van der Waals surface area (Å²) in [5.41, 5.74) is 1.19. The number of ether oxygens (including phenoxy) is 11. The maximum Gasteiger partial charge on any atom is 0.343 e. The summed E-state index contributed by atoms with van der Waals surface area (Å²) in [4.78, 5) is 151. The lowest BCUT2D eigenvalue weighted by Gasteiger charge is -2.32. The fraction of sp³-hybridized carbons (Fsp3) is 0.506. The van der Waals surface area contributed by atoms with E-state index >= 15 is 8.78 Å². The summed E-state index contributed by atoms with van der Waals surface area (Å²) in [5, 5.41) is 30.4. The molecule has 5 aliphatic rings. The molecule has 8 N–H and O–H groups in total. The number of hydrogen-bond acceptors (Lipinski definition) is 24. The largest absolute Gasteiger partial charge is 0.490 e. The number of amides is 9. The first-order valence-corrected chi connectivity index (χ1v) is 37.1. The van der Waals surface area contributed by atoms with Crippen LogP contribution >= 0.6 is 0 Å². The molecule has 3 aromatic carbocycles. The molecule has 4 atom stereocenters. The van der Waals surface area contributed by atoms with E-state index in [1.54, 1.807) is 50.4 Å². The number of rotatable bonds is 48. The predicted molar refractivity (Wildman–Crippen MR) is 393 cm³/mol. The number of halogens is 2. The molecule has 0 saturated heterocycles. The van der Waals surface area contributed by atoms with E-state index in [1.165, 1.54) is 17.6 Å². The smallest absolute Gasteiger partial charge is 0.343 e. The van der Waals surface area contributed by atoms with Crippen molar-refractivity contribution in [3.05, 3.63) is 133 Å². The highest BCUT2D eigenvalue weighted by Gasteiger charge is 2.50. The molecular weight excluding hydrogens is 1470 g/mol. The first-order valence-electron chi connectivity index (χ1n) is 37.1. The first-order chi connectivity index (χ1) is 54.1. The molecule has 1 fully saturated rings. The molecule has 112 heavy (non-hydrogen) atoms. The molecule has 0 unspecified atom stereocenters. The highest BCUT2D eigenvalue weighted by Crippen LogP contribution is 2.48. The van der Waals surface area contributed by atoms with Gasteiger partial charge in [0, 0.05) is 67.3 Å². The summed E-state index contributed by atoms with van der Waals surface area (Å²) in [7, 11) is 1.61. The Hall–Kier alpha value is -10.1. The number of benzene rings is 3. The minimum Gasteiger partial charge on any atom is -0.490 e. The standard InChI is InChI=1S/C77H94F2N10O23/c1-46-51-13-14-58(69-53-43-88-61(70(53)86-59(68(51)69)38-56(46)78)37-55-54(75(88)99)44-111-76(100)77(55,101)39-49-11-12-49)87-72(96)47(2)112-45-84-64(92)41-83-74(98)60(34-48-8-5-4-6-9-48)85-65(93)42-82-63(91)40-81-62(90)10-7-18-110-71-52(35-50(36-57(71)79)89-66(94)15-16-67(89)95)73(97)80-17-19-103-22-23-105-26-27-107-30-31-109-33-32-108-29-28-106-25-24-104-21-20-102-3/h4-6,8-9,15-16,35-38,47,49,58,60,101H,7,10-14,17-34,39-45H2,1-3H3,(H,80,97)(H,81,90)(H,82,91)(H,83,98)(H,84,92)(H,85,93)(H,87,96)/t47-,58+,60+,77+/m1/s1. The molecule has 33 nitrogen and oxygen atoms in total. The van der Waals surface area contributed by atoms with Crippen molar-refractivity contribution in [1.82, 2.24) is 46.8 Å². The van der Waals surface area contributed by atoms with Crippen molar-refractivity contribution in [3.8, 4) is 17.1 Å². The summed E-state index contributed by atoms with van der Waals surface area (Å²) in [5.74, 6) is -9.47. The van der Waals surface area contributed by atoms with Crippen LogP contribution in [0, 0.1) is 24.5 Å². The maximum atomic E-state index is 15.8. The second-order valence-electron chi connectivity index (χ2n) is 27.0. The first kappa shape index (κ1) is 84.4. The molecule has 1 saturated carbocycles. The number of esters is 1. The van der Waals surface area contributed by atoms with Gasteiger partial charge < -0.3 is 99.0 Å². The van der Waals surface area contributed by atoms with E-state index in [9.17, 15) is 57.8 Å². The van der Waals surface area contributed by atoms with Crippen LogP contribution in [-0.2, 0) is 122 Å². The van der Waals surface area contributed by atoms with Crippen molar-refractivity contribution in [2.45, 2.75) is 102 Å². The number of pyridine rings is 2. The van der Waals surface area contributed by atoms with Gasteiger partial charge in [0.1, 0.15) is 31.3 Å². The zero-order valence-electron chi connectivity index (χ0n) is 62.6. The number of cyclic esters (lactones) is 1. The van der Waals surface area contributed by atoms with Gasteiger partial charge in [-0.05, 0) is 79.8 Å². The topological polar surface area (TPSA) is 415 Å². The van der Waals surface area contributed by atoms with Crippen molar-refractivity contribution in [1.29, 1.82) is 0 Å². The molecule has 5 aromatic rings. The van der Waals surface area contributed by atoms with Gasteiger partial charge in [-0.3, -0.25) is 47.9 Å². The van der Waals surface area contributed by atoms with Crippen LogP contribution in [0.5, 0.6) is 5.75 Å². The minimum absolute atomic E-state index is 0.0283. The Labute approximate surface area is 643 Å². The van der Waals surface area contributed by atoms with Crippen molar-refractivity contribution >= 4 is 75.7 Å². The van der Waals surface area contributed by atoms with E-state index in [0.717, 1.165) is 37.1 Å². The molecular formula is C77H94F2N10O23. The Kier molecular flexibility index (Phi) is 31.2. The van der Waals surface area contributed by atoms with Crippen LogP contribution in [0.25, 0.3) is 22.3 Å². The Morgan fingerprint density at radius 2 is 1.28 bits per heavy atom. The Morgan fingerprint density at radius 1 is 0.670 bits per heavy atom. The van der Waals surface area contributed by atoms with E-state index in [4.69, 9.17) is 57.1 Å². The molecule has 604 valence electrons. The molecule has 5 heterocycles. The molecule has 35 heteroatoms. The van der Waals surface area contributed by atoms with Crippen molar-refractivity contribution < 1.29 is 114 Å². The van der Waals surface area contributed by atoms with Crippen LogP contribution in [0.15, 0.2) is 71.5 Å². The molecule has 10 rings (SSSR count). The number of imide groups is 1. The Balaban J connectivity index is 0.616. The molecule has 9 amide bonds. The zero-order valence-corrected chi connectivity index (χ0v) is 62.6. The number of aliphatic hydroxyl groups is 1. The van der Waals surface area contributed by atoms with Crippen LogP contribution in [0.3, 0.4) is 0 Å². The summed E-state index contributed by atoms with van der Waals surface area (Å²) in [6, 6.07) is 11.6.